The Balaban J connectivity index is 1.91. The van der Waals surface area contributed by atoms with Gasteiger partial charge in [0.2, 0.25) is 0 Å². The lowest BCUT2D eigenvalue weighted by Crippen LogP contribution is -2.20. The largest absolute Gasteiger partial charge is 0.371 e. The van der Waals surface area contributed by atoms with Gasteiger partial charge in [0.1, 0.15) is 5.82 Å². The maximum atomic E-state index is 6.06. The van der Waals surface area contributed by atoms with E-state index in [1.807, 2.05) is 18.2 Å². The van der Waals surface area contributed by atoms with Crippen molar-refractivity contribution < 1.29 is 0 Å². The molecule has 20 heavy (non-hydrogen) atoms. The van der Waals surface area contributed by atoms with Crippen molar-refractivity contribution in [2.45, 2.75) is 19.9 Å². The summed E-state index contributed by atoms with van der Waals surface area (Å²) in [4.78, 5) is 10.3. The van der Waals surface area contributed by atoms with Crippen LogP contribution >= 0.6 is 23.2 Å². The number of aromatic amines is 1. The van der Waals surface area contributed by atoms with E-state index in [0.717, 1.165) is 42.3 Å². The molecule has 0 saturated carbocycles. The highest BCUT2D eigenvalue weighted by Gasteiger charge is 2.15. The van der Waals surface area contributed by atoms with Gasteiger partial charge in [-0.2, -0.15) is 0 Å². The maximum absolute atomic E-state index is 6.06. The van der Waals surface area contributed by atoms with Crippen LogP contribution in [0.4, 0.5) is 0 Å². The molecule has 0 aliphatic carbocycles. The Hall–Kier alpha value is -1.45. The molecule has 0 radical (unpaired) electrons. The van der Waals surface area contributed by atoms with Crippen LogP contribution in [0.5, 0.6) is 0 Å². The second kappa shape index (κ2) is 5.51. The smallest absolute Gasteiger partial charge is 0.138 e. The van der Waals surface area contributed by atoms with Gasteiger partial charge in [-0.1, -0.05) is 30.1 Å². The molecule has 3 nitrogen and oxygen atoms in total. The first-order valence-electron chi connectivity index (χ1n) is 6.64. The second-order valence-corrected chi connectivity index (χ2v) is 5.68. The predicted molar refractivity (Wildman–Crippen MR) is 83.8 cm³/mol. The molecular weight excluding hydrogens is 293 g/mol. The van der Waals surface area contributed by atoms with Crippen LogP contribution in [0.15, 0.2) is 24.4 Å². The van der Waals surface area contributed by atoms with Crippen LogP contribution in [0.3, 0.4) is 0 Å². The monoisotopic (exact) mass is 307 g/mol. The Morgan fingerprint density at radius 2 is 2.15 bits per heavy atom. The van der Waals surface area contributed by atoms with E-state index in [9.17, 15) is 0 Å². The van der Waals surface area contributed by atoms with E-state index in [1.165, 1.54) is 0 Å². The van der Waals surface area contributed by atoms with E-state index < -0.39 is 0 Å². The fraction of sp³-hybridized carbons (Fsp3) is 0.267. The van der Waals surface area contributed by atoms with Gasteiger partial charge >= 0.3 is 0 Å². The fourth-order valence-corrected chi connectivity index (χ4v) is 2.63. The number of hydrogen-bond donors (Lipinski definition) is 1. The van der Waals surface area contributed by atoms with E-state index in [4.69, 9.17) is 23.2 Å². The topological polar surface area (TPSA) is 31.9 Å². The van der Waals surface area contributed by atoms with E-state index >= 15 is 0 Å². The Morgan fingerprint density at radius 1 is 1.30 bits per heavy atom. The first kappa shape index (κ1) is 13.5. The third-order valence-corrected chi connectivity index (χ3v) is 4.06. The average molecular weight is 308 g/mol. The molecule has 5 heteroatoms. The lowest BCUT2D eigenvalue weighted by molar-refractivity contribution is 0.362. The number of H-pyrrole nitrogens is 1. The lowest BCUT2D eigenvalue weighted by atomic mass is 10.2. The highest BCUT2D eigenvalue weighted by molar-refractivity contribution is 6.42. The van der Waals surface area contributed by atoms with Gasteiger partial charge in [0, 0.05) is 18.3 Å². The number of halogens is 2. The summed E-state index contributed by atoms with van der Waals surface area (Å²) in [7, 11) is 0. The van der Waals surface area contributed by atoms with E-state index in [2.05, 4.69) is 28.0 Å². The number of aromatic nitrogens is 2. The molecule has 1 aliphatic rings. The predicted octanol–water partition coefficient (Wildman–Crippen LogP) is 4.58. The van der Waals surface area contributed by atoms with Gasteiger partial charge in [-0.05, 0) is 30.7 Å². The summed E-state index contributed by atoms with van der Waals surface area (Å²) >= 11 is 12.0. The van der Waals surface area contributed by atoms with Crippen molar-refractivity contribution in [2.24, 2.45) is 0 Å². The first-order valence-corrected chi connectivity index (χ1v) is 7.39. The van der Waals surface area contributed by atoms with Crippen LogP contribution in [0.2, 0.25) is 10.0 Å². The molecule has 2 heterocycles. The highest BCUT2D eigenvalue weighted by atomic mass is 35.5. The zero-order chi connectivity index (χ0) is 14.1. The van der Waals surface area contributed by atoms with Crippen LogP contribution in [0, 0.1) is 0 Å². The second-order valence-electron chi connectivity index (χ2n) is 4.86. The van der Waals surface area contributed by atoms with Crippen molar-refractivity contribution in [3.63, 3.8) is 0 Å². The summed E-state index contributed by atoms with van der Waals surface area (Å²) in [6.07, 6.45) is 5.28. The van der Waals surface area contributed by atoms with Crippen molar-refractivity contribution in [3.05, 3.63) is 45.8 Å². The normalized spacial score (nSPS) is 13.7. The van der Waals surface area contributed by atoms with Gasteiger partial charge in [-0.15, -0.1) is 0 Å². The third kappa shape index (κ3) is 2.56. The minimum atomic E-state index is 0.543. The molecule has 1 aliphatic heterocycles. The van der Waals surface area contributed by atoms with Crippen molar-refractivity contribution in [1.82, 2.24) is 14.9 Å². The number of nitrogens with one attached hydrogen (secondary N) is 1. The molecule has 104 valence electrons. The highest BCUT2D eigenvalue weighted by Crippen LogP contribution is 2.29. The van der Waals surface area contributed by atoms with E-state index in [0.29, 0.717) is 10.0 Å². The average Bonchev–Trinajstić information content (AvgIpc) is 2.85. The molecule has 0 saturated heterocycles. The van der Waals surface area contributed by atoms with E-state index in [-0.39, 0.29) is 0 Å². The summed E-state index contributed by atoms with van der Waals surface area (Å²) in [5.41, 5.74) is 3.09. The fourth-order valence-electron chi connectivity index (χ4n) is 2.33. The minimum absolute atomic E-state index is 0.543. The number of rotatable bonds is 3. The van der Waals surface area contributed by atoms with E-state index in [1.54, 1.807) is 6.07 Å². The summed E-state index contributed by atoms with van der Waals surface area (Å²) in [5, 5.41) is 1.10. The standard InChI is InChI=1S/C15H15Cl2N3/c1-2-6-20-7-5-13-14(9-20)19-15(18-13)10-3-4-11(16)12(17)8-10/h3-5,7-8H,2,6,9H2,1H3,(H,18,19). The Bertz CT molecular complexity index is 661. The molecule has 0 atom stereocenters. The van der Waals surface area contributed by atoms with Gasteiger partial charge < -0.3 is 9.88 Å². The molecule has 0 spiro atoms. The SMILES string of the molecule is CCCN1C=Cc2nc(-c3ccc(Cl)c(Cl)c3)[nH]c2C1. The molecule has 0 amide bonds. The van der Waals surface area contributed by atoms with Gasteiger partial charge in [0.25, 0.3) is 0 Å². The molecule has 1 aromatic carbocycles. The number of nitrogens with zero attached hydrogens (tertiary/aromatic N) is 2. The molecular formula is C15H15Cl2N3. The minimum Gasteiger partial charge on any atom is -0.371 e. The quantitative estimate of drug-likeness (QED) is 0.900. The Kier molecular flexibility index (Phi) is 3.72. The molecule has 0 unspecified atom stereocenters. The summed E-state index contributed by atoms with van der Waals surface area (Å²) in [6.45, 7) is 4.10. The zero-order valence-corrected chi connectivity index (χ0v) is 12.7. The third-order valence-electron chi connectivity index (χ3n) is 3.32. The summed E-state index contributed by atoms with van der Waals surface area (Å²) in [5.74, 6) is 0.830. The zero-order valence-electron chi connectivity index (χ0n) is 11.2. The molecule has 3 rings (SSSR count). The van der Waals surface area contributed by atoms with Crippen LogP contribution in [-0.4, -0.2) is 21.4 Å². The Morgan fingerprint density at radius 3 is 2.90 bits per heavy atom. The molecule has 0 fully saturated rings. The van der Waals surface area contributed by atoms with Gasteiger partial charge in [0.15, 0.2) is 0 Å². The molecule has 0 bridgehead atoms. The summed E-state index contributed by atoms with van der Waals surface area (Å²) < 4.78 is 0. The molecule has 2 aromatic rings. The van der Waals surface area contributed by atoms with Crippen LogP contribution in [-0.2, 0) is 6.54 Å². The number of benzene rings is 1. The lowest BCUT2D eigenvalue weighted by Gasteiger charge is -2.21. The van der Waals surface area contributed by atoms with Gasteiger partial charge in [0.05, 0.1) is 28.0 Å². The number of hydrogen-bond acceptors (Lipinski definition) is 2. The summed E-state index contributed by atoms with van der Waals surface area (Å²) in [6, 6.07) is 5.55. The van der Waals surface area contributed by atoms with Gasteiger partial charge in [-0.3, -0.25) is 0 Å². The van der Waals surface area contributed by atoms with Crippen LogP contribution in [0.1, 0.15) is 24.7 Å². The number of imidazole rings is 1. The van der Waals surface area contributed by atoms with Gasteiger partial charge in [-0.25, -0.2) is 4.98 Å². The molecule has 1 aromatic heterocycles. The maximum Gasteiger partial charge on any atom is 0.138 e. The van der Waals surface area contributed by atoms with Crippen molar-refractivity contribution in [2.75, 3.05) is 6.54 Å². The molecule has 1 N–H and O–H groups in total. The number of fused-ring (bicyclic) bond motifs is 1. The Labute approximate surface area is 128 Å². The van der Waals surface area contributed by atoms with Crippen LogP contribution < -0.4 is 0 Å². The van der Waals surface area contributed by atoms with Crippen molar-refractivity contribution >= 4 is 29.3 Å². The first-order chi connectivity index (χ1) is 9.67. The van der Waals surface area contributed by atoms with Crippen molar-refractivity contribution in [1.29, 1.82) is 0 Å². The van der Waals surface area contributed by atoms with Crippen molar-refractivity contribution in [3.8, 4) is 11.4 Å². The van der Waals surface area contributed by atoms with Crippen LogP contribution in [0.25, 0.3) is 17.5 Å².